The van der Waals surface area contributed by atoms with E-state index in [9.17, 15) is 19.0 Å². The molecule has 78 heavy (non-hydrogen) atoms. The van der Waals surface area contributed by atoms with Crippen molar-refractivity contribution in [1.29, 1.82) is 0 Å². The van der Waals surface area contributed by atoms with Crippen molar-refractivity contribution in [2.75, 3.05) is 40.9 Å². The molecule has 1 N–H and O–H groups in total. The van der Waals surface area contributed by atoms with Gasteiger partial charge in [0.15, 0.2) is 0 Å². The number of hydrogen-bond donors (Lipinski definition) is 1. The van der Waals surface area contributed by atoms with E-state index in [1.165, 1.54) is 103 Å². The summed E-state index contributed by atoms with van der Waals surface area (Å²) in [5, 5.41) is 3.01. The highest BCUT2D eigenvalue weighted by Gasteiger charge is 2.27. The zero-order valence-corrected chi connectivity index (χ0v) is 52.0. The van der Waals surface area contributed by atoms with Crippen molar-refractivity contribution in [3.8, 4) is 0 Å². The standard InChI is InChI=1S/C68H119N2O7P/c1-7-10-13-16-19-22-25-28-30-32-34-35-37-38-40-42-45-48-51-54-57-60-67(71)69-65(64-76-78(73,74)75-63-62-70(4,5)6)66(59-56-53-50-47-44-27-24-21-18-15-12-9-3)77-68(72)61-58-55-52-49-46-43-41-39-36-33-31-29-26-23-20-17-14-11-8-2/h19-20,22-23,28-31,34-36,38-40,43,46,56,59,65-66H,7-18,21,24-27,32-33,37,41-42,44-45,47-55,57-58,60-64H2,1-6H3,(H-,69,71,73,74)/b22-19-,23-20-,30-28-,31-29-,35-34-,39-36-,40-38-,46-43-,59-56+. The quantitative estimate of drug-likeness (QED) is 0.0212. The Morgan fingerprint density at radius 2 is 0.782 bits per heavy atom. The number of quaternary nitrogens is 1. The second-order valence-corrected chi connectivity index (χ2v) is 23.6. The van der Waals surface area contributed by atoms with Crippen LogP contribution in [-0.4, -0.2) is 69.4 Å². The van der Waals surface area contributed by atoms with Gasteiger partial charge in [-0.15, -0.1) is 0 Å². The number of allylic oxidation sites excluding steroid dienone is 17. The molecule has 0 aromatic heterocycles. The molecule has 0 spiro atoms. The van der Waals surface area contributed by atoms with Gasteiger partial charge in [0.2, 0.25) is 5.91 Å². The van der Waals surface area contributed by atoms with Gasteiger partial charge in [0.1, 0.15) is 19.3 Å². The maximum atomic E-state index is 13.5. The van der Waals surface area contributed by atoms with Crippen LogP contribution in [0.15, 0.2) is 109 Å². The van der Waals surface area contributed by atoms with Gasteiger partial charge in [-0.3, -0.25) is 14.2 Å². The van der Waals surface area contributed by atoms with Gasteiger partial charge in [-0.05, 0) is 122 Å². The van der Waals surface area contributed by atoms with E-state index in [2.05, 4.69) is 123 Å². The number of ether oxygens (including phenoxy) is 1. The Bertz CT molecular complexity index is 1700. The predicted molar refractivity (Wildman–Crippen MR) is 334 cm³/mol. The summed E-state index contributed by atoms with van der Waals surface area (Å²) in [6.07, 6.45) is 77.6. The minimum Gasteiger partial charge on any atom is -0.756 e. The summed E-state index contributed by atoms with van der Waals surface area (Å²) in [7, 11) is 1.14. The molecular weight excluding hydrogens is 988 g/mol. The number of amides is 1. The van der Waals surface area contributed by atoms with E-state index in [-0.39, 0.29) is 31.3 Å². The monoisotopic (exact) mass is 1110 g/mol. The molecule has 0 aliphatic heterocycles. The fraction of sp³-hybridized carbons (Fsp3) is 0.706. The van der Waals surface area contributed by atoms with E-state index in [1.807, 2.05) is 33.3 Å². The molecule has 10 heteroatoms. The van der Waals surface area contributed by atoms with E-state index >= 15 is 0 Å². The third-order valence-electron chi connectivity index (χ3n) is 13.4. The van der Waals surface area contributed by atoms with Gasteiger partial charge < -0.3 is 28.5 Å². The fourth-order valence-electron chi connectivity index (χ4n) is 8.49. The molecule has 0 aromatic carbocycles. The molecule has 1 amide bonds. The average molecular weight is 1110 g/mol. The zero-order chi connectivity index (χ0) is 57.2. The van der Waals surface area contributed by atoms with Crippen molar-refractivity contribution in [3.63, 3.8) is 0 Å². The Morgan fingerprint density at radius 3 is 1.21 bits per heavy atom. The highest BCUT2D eigenvalue weighted by molar-refractivity contribution is 7.45. The normalized spacial score (nSPS) is 14.4. The van der Waals surface area contributed by atoms with Crippen LogP contribution in [0.3, 0.4) is 0 Å². The topological polar surface area (TPSA) is 114 Å². The number of esters is 1. The van der Waals surface area contributed by atoms with Crippen LogP contribution in [0.5, 0.6) is 0 Å². The van der Waals surface area contributed by atoms with Crippen LogP contribution in [0.2, 0.25) is 0 Å². The van der Waals surface area contributed by atoms with Crippen LogP contribution in [0.1, 0.15) is 258 Å². The van der Waals surface area contributed by atoms with Gasteiger partial charge in [0.05, 0.1) is 33.8 Å². The van der Waals surface area contributed by atoms with Crippen LogP contribution in [-0.2, 0) is 27.9 Å². The molecule has 0 rings (SSSR count). The number of nitrogens with zero attached hydrogens (tertiary/aromatic N) is 1. The van der Waals surface area contributed by atoms with Crippen LogP contribution in [0.4, 0.5) is 0 Å². The second kappa shape index (κ2) is 56.9. The van der Waals surface area contributed by atoms with E-state index < -0.39 is 26.6 Å². The number of likely N-dealkylation sites (N-methyl/N-ethyl adjacent to an activating group) is 1. The van der Waals surface area contributed by atoms with Crippen molar-refractivity contribution >= 4 is 19.7 Å². The molecule has 0 radical (unpaired) electrons. The van der Waals surface area contributed by atoms with Gasteiger partial charge in [-0.25, -0.2) is 0 Å². The molecule has 0 aromatic rings. The molecule has 9 nitrogen and oxygen atoms in total. The zero-order valence-electron chi connectivity index (χ0n) is 51.1. The summed E-state index contributed by atoms with van der Waals surface area (Å²) in [6.45, 7) is 6.74. The van der Waals surface area contributed by atoms with Gasteiger partial charge in [-0.1, -0.05) is 233 Å². The van der Waals surface area contributed by atoms with E-state index in [0.29, 0.717) is 23.9 Å². The maximum Gasteiger partial charge on any atom is 0.306 e. The Kier molecular flexibility index (Phi) is 54.5. The van der Waals surface area contributed by atoms with Crippen molar-refractivity contribution in [3.05, 3.63) is 109 Å². The van der Waals surface area contributed by atoms with Crippen molar-refractivity contribution in [2.24, 2.45) is 0 Å². The summed E-state index contributed by atoms with van der Waals surface area (Å²) < 4.78 is 30.3. The smallest absolute Gasteiger partial charge is 0.306 e. The minimum atomic E-state index is -4.72. The molecule has 0 aliphatic rings. The molecule has 0 heterocycles. The van der Waals surface area contributed by atoms with Gasteiger partial charge in [-0.2, -0.15) is 0 Å². The van der Waals surface area contributed by atoms with Crippen molar-refractivity contribution in [1.82, 2.24) is 5.32 Å². The molecule has 0 fully saturated rings. The van der Waals surface area contributed by atoms with Gasteiger partial charge >= 0.3 is 5.97 Å². The molecule has 448 valence electrons. The molecule has 3 atom stereocenters. The molecule has 0 saturated carbocycles. The Labute approximate surface area is 481 Å². The Balaban J connectivity index is 5.35. The van der Waals surface area contributed by atoms with Crippen molar-refractivity contribution in [2.45, 2.75) is 270 Å². The SMILES string of the molecule is CCCCC/C=C\C/C=C\C/C=C\C/C=C\CCCCCCCC(=O)NC(COP(=O)([O-])OCC[N+](C)(C)C)C(/C=C/CCCCCCCCCCCC)OC(=O)CCCCC/C=C\C/C=C\C/C=C\C/C=C\CCCCC. The highest BCUT2D eigenvalue weighted by atomic mass is 31.2. The lowest BCUT2D eigenvalue weighted by atomic mass is 10.0. The maximum absolute atomic E-state index is 13.5. The molecular formula is C68H119N2O7P. The van der Waals surface area contributed by atoms with Gasteiger partial charge in [0.25, 0.3) is 7.82 Å². The lowest BCUT2D eigenvalue weighted by Crippen LogP contribution is -2.47. The van der Waals surface area contributed by atoms with Crippen LogP contribution in [0.25, 0.3) is 0 Å². The largest absolute Gasteiger partial charge is 0.756 e. The second-order valence-electron chi connectivity index (χ2n) is 22.2. The Hall–Kier alpha value is -3.33. The third kappa shape index (κ3) is 57.4. The first kappa shape index (κ1) is 74.7. The number of phosphoric acid groups is 1. The molecule has 0 bridgehead atoms. The fourth-order valence-corrected chi connectivity index (χ4v) is 9.21. The summed E-state index contributed by atoms with van der Waals surface area (Å²) in [6, 6.07) is -0.919. The van der Waals surface area contributed by atoms with Crippen LogP contribution in [0, 0.1) is 0 Å². The molecule has 0 aliphatic carbocycles. The number of nitrogens with one attached hydrogen (secondary N) is 1. The molecule has 0 saturated heterocycles. The van der Waals surface area contributed by atoms with E-state index in [4.69, 9.17) is 13.8 Å². The minimum absolute atomic E-state index is 0.0372. The van der Waals surface area contributed by atoms with Crippen LogP contribution >= 0.6 is 7.82 Å². The number of unbranched alkanes of at least 4 members (excludes halogenated alkanes) is 24. The number of hydrogen-bond acceptors (Lipinski definition) is 7. The summed E-state index contributed by atoms with van der Waals surface area (Å²) in [4.78, 5) is 40.0. The van der Waals surface area contributed by atoms with Gasteiger partial charge in [0, 0.05) is 12.8 Å². The Morgan fingerprint density at radius 1 is 0.449 bits per heavy atom. The lowest BCUT2D eigenvalue weighted by Gasteiger charge is -2.30. The van der Waals surface area contributed by atoms with E-state index in [1.54, 1.807) is 0 Å². The average Bonchev–Trinajstić information content (AvgIpc) is 3.40. The first-order valence-electron chi connectivity index (χ1n) is 31.7. The third-order valence-corrected chi connectivity index (χ3v) is 14.4. The van der Waals surface area contributed by atoms with Crippen molar-refractivity contribution < 1.29 is 37.3 Å². The summed E-state index contributed by atoms with van der Waals surface area (Å²) >= 11 is 0. The summed E-state index contributed by atoms with van der Waals surface area (Å²) in [5.41, 5.74) is 0. The predicted octanol–water partition coefficient (Wildman–Crippen LogP) is 19.1. The van der Waals surface area contributed by atoms with E-state index in [0.717, 1.165) is 109 Å². The number of carbonyl (C=O) groups excluding carboxylic acids is 2. The number of phosphoric ester groups is 1. The summed E-state index contributed by atoms with van der Waals surface area (Å²) in [5.74, 6) is -0.603. The number of rotatable bonds is 56. The molecule has 3 unspecified atom stereocenters. The van der Waals surface area contributed by atoms with Crippen LogP contribution < -0.4 is 10.2 Å². The lowest BCUT2D eigenvalue weighted by molar-refractivity contribution is -0.870. The first-order chi connectivity index (χ1) is 37.9. The first-order valence-corrected chi connectivity index (χ1v) is 33.2. The number of carbonyl (C=O) groups is 2. The highest BCUT2D eigenvalue weighted by Crippen LogP contribution is 2.38.